The number of hydrogen-bond donors (Lipinski definition) is 0. The van der Waals surface area contributed by atoms with Crippen LogP contribution >= 0.6 is 0 Å². The van der Waals surface area contributed by atoms with Gasteiger partial charge in [-0.2, -0.15) is 0 Å². The van der Waals surface area contributed by atoms with E-state index < -0.39 is 0 Å². The second-order valence-electron chi connectivity index (χ2n) is 6.31. The number of hydrogen-bond acceptors (Lipinski definition) is 7. The monoisotopic (exact) mass is 415 g/mol. The fourth-order valence-corrected chi connectivity index (χ4v) is 2.18. The maximum absolute atomic E-state index is 5.51. The zero-order valence-electron chi connectivity index (χ0n) is 18.8. The molecule has 29 heavy (non-hydrogen) atoms. The molecule has 1 aromatic rings. The molecular formula is C22H41NO6. The van der Waals surface area contributed by atoms with E-state index in [2.05, 4.69) is 24.0 Å². The van der Waals surface area contributed by atoms with Crippen LogP contribution in [-0.4, -0.2) is 105 Å². The van der Waals surface area contributed by atoms with Crippen molar-refractivity contribution < 1.29 is 28.4 Å². The zero-order valence-corrected chi connectivity index (χ0v) is 18.8. The first-order valence-electron chi connectivity index (χ1n) is 10.2. The van der Waals surface area contributed by atoms with Crippen molar-refractivity contribution in [2.75, 3.05) is 100 Å². The van der Waals surface area contributed by atoms with Crippen LogP contribution in [0.3, 0.4) is 0 Å². The standard InChI is InChI=1S/C15H33NO6.C7H8/c1-17-10-13-20-7-4-16(5-8-21-14-11-18-2)6-9-22-15-12-19-3;1-7-5-3-2-4-6-7/h4-15H2,1-3H3;2-6H,1H3. The van der Waals surface area contributed by atoms with E-state index in [9.17, 15) is 0 Å². The van der Waals surface area contributed by atoms with Gasteiger partial charge in [-0.3, -0.25) is 4.90 Å². The van der Waals surface area contributed by atoms with Crippen molar-refractivity contribution in [2.45, 2.75) is 6.92 Å². The maximum atomic E-state index is 5.51. The van der Waals surface area contributed by atoms with Crippen LogP contribution in [0.4, 0.5) is 0 Å². The Morgan fingerprint density at radius 1 is 0.552 bits per heavy atom. The Labute approximate surface area is 177 Å². The lowest BCUT2D eigenvalue weighted by Crippen LogP contribution is -2.34. The minimum Gasteiger partial charge on any atom is -0.382 e. The smallest absolute Gasteiger partial charge is 0.0700 e. The van der Waals surface area contributed by atoms with E-state index in [-0.39, 0.29) is 0 Å². The highest BCUT2D eigenvalue weighted by Gasteiger charge is 2.05. The number of ether oxygens (including phenoxy) is 6. The van der Waals surface area contributed by atoms with E-state index in [1.54, 1.807) is 21.3 Å². The molecule has 170 valence electrons. The number of aryl methyl sites for hydroxylation is 1. The normalized spacial score (nSPS) is 10.8. The summed E-state index contributed by atoms with van der Waals surface area (Å²) in [5.74, 6) is 0. The largest absolute Gasteiger partial charge is 0.382 e. The van der Waals surface area contributed by atoms with Gasteiger partial charge in [-0.15, -0.1) is 0 Å². The Hall–Kier alpha value is -1.06. The first-order valence-corrected chi connectivity index (χ1v) is 10.2. The molecule has 0 aliphatic rings. The van der Waals surface area contributed by atoms with Gasteiger partial charge in [-0.05, 0) is 6.92 Å². The van der Waals surface area contributed by atoms with Gasteiger partial charge in [0.25, 0.3) is 0 Å². The van der Waals surface area contributed by atoms with Gasteiger partial charge >= 0.3 is 0 Å². The van der Waals surface area contributed by atoms with Crippen LogP contribution in [-0.2, 0) is 28.4 Å². The average molecular weight is 416 g/mol. The summed E-state index contributed by atoms with van der Waals surface area (Å²) in [6, 6.07) is 10.3. The quantitative estimate of drug-likeness (QED) is 0.341. The van der Waals surface area contributed by atoms with E-state index in [0.717, 1.165) is 19.6 Å². The highest BCUT2D eigenvalue weighted by atomic mass is 16.5. The van der Waals surface area contributed by atoms with Gasteiger partial charge in [-0.1, -0.05) is 35.9 Å². The molecule has 0 fully saturated rings. The first-order chi connectivity index (χ1) is 14.2. The third-order valence-corrected chi connectivity index (χ3v) is 3.89. The van der Waals surface area contributed by atoms with Crippen molar-refractivity contribution in [1.82, 2.24) is 4.90 Å². The molecule has 0 aromatic heterocycles. The van der Waals surface area contributed by atoms with E-state index >= 15 is 0 Å². The van der Waals surface area contributed by atoms with Crippen LogP contribution in [0, 0.1) is 6.92 Å². The summed E-state index contributed by atoms with van der Waals surface area (Å²) in [5.41, 5.74) is 1.32. The molecule has 7 nitrogen and oxygen atoms in total. The van der Waals surface area contributed by atoms with Crippen LogP contribution in [0.5, 0.6) is 0 Å². The van der Waals surface area contributed by atoms with Crippen LogP contribution in [0.15, 0.2) is 30.3 Å². The summed E-state index contributed by atoms with van der Waals surface area (Å²) in [4.78, 5) is 2.27. The number of rotatable bonds is 18. The molecule has 0 atom stereocenters. The molecule has 0 heterocycles. The van der Waals surface area contributed by atoms with Gasteiger partial charge in [0.05, 0.1) is 59.5 Å². The molecule has 0 radical (unpaired) electrons. The van der Waals surface area contributed by atoms with E-state index in [4.69, 9.17) is 28.4 Å². The molecule has 0 bridgehead atoms. The molecule has 1 aromatic carbocycles. The van der Waals surface area contributed by atoms with Crippen LogP contribution < -0.4 is 0 Å². The average Bonchev–Trinajstić information content (AvgIpc) is 2.73. The molecular weight excluding hydrogens is 374 g/mol. The predicted molar refractivity (Wildman–Crippen MR) is 116 cm³/mol. The lowest BCUT2D eigenvalue weighted by atomic mass is 10.2. The highest BCUT2D eigenvalue weighted by Crippen LogP contribution is 1.93. The third kappa shape index (κ3) is 21.5. The van der Waals surface area contributed by atoms with Crippen LogP contribution in [0.25, 0.3) is 0 Å². The Kier molecular flexibility index (Phi) is 22.4. The first kappa shape index (κ1) is 27.9. The molecule has 0 spiro atoms. The second kappa shape index (κ2) is 23.2. The van der Waals surface area contributed by atoms with Crippen LogP contribution in [0.1, 0.15) is 5.56 Å². The lowest BCUT2D eigenvalue weighted by molar-refractivity contribution is 0.0223. The Bertz CT molecular complexity index is 388. The summed E-state index contributed by atoms with van der Waals surface area (Å²) >= 11 is 0. The molecule has 7 heteroatoms. The van der Waals surface area contributed by atoms with Crippen molar-refractivity contribution in [1.29, 1.82) is 0 Å². The van der Waals surface area contributed by atoms with Gasteiger partial charge in [0, 0.05) is 41.0 Å². The Morgan fingerprint density at radius 2 is 0.931 bits per heavy atom. The fourth-order valence-electron chi connectivity index (χ4n) is 2.18. The van der Waals surface area contributed by atoms with Gasteiger partial charge in [-0.25, -0.2) is 0 Å². The van der Waals surface area contributed by atoms with Crippen molar-refractivity contribution in [3.05, 3.63) is 35.9 Å². The molecule has 0 N–H and O–H groups in total. The van der Waals surface area contributed by atoms with E-state index in [0.29, 0.717) is 59.5 Å². The van der Waals surface area contributed by atoms with E-state index in [1.165, 1.54) is 5.56 Å². The minimum absolute atomic E-state index is 0.624. The molecule has 0 unspecified atom stereocenters. The van der Waals surface area contributed by atoms with Gasteiger partial charge in [0.2, 0.25) is 0 Å². The summed E-state index contributed by atoms with van der Waals surface area (Å²) < 4.78 is 31.4. The van der Waals surface area contributed by atoms with Gasteiger partial charge in [0.15, 0.2) is 0 Å². The lowest BCUT2D eigenvalue weighted by Gasteiger charge is -2.22. The van der Waals surface area contributed by atoms with Crippen molar-refractivity contribution in [2.24, 2.45) is 0 Å². The van der Waals surface area contributed by atoms with Crippen molar-refractivity contribution in [3.8, 4) is 0 Å². The topological polar surface area (TPSA) is 58.6 Å². The van der Waals surface area contributed by atoms with Crippen molar-refractivity contribution in [3.63, 3.8) is 0 Å². The minimum atomic E-state index is 0.624. The van der Waals surface area contributed by atoms with Gasteiger partial charge < -0.3 is 28.4 Å². The fraction of sp³-hybridized carbons (Fsp3) is 0.727. The van der Waals surface area contributed by atoms with Crippen LogP contribution in [0.2, 0.25) is 0 Å². The molecule has 0 aliphatic carbocycles. The number of methoxy groups -OCH3 is 3. The Balaban J connectivity index is 0.000000929. The molecule has 0 saturated heterocycles. The Morgan fingerprint density at radius 3 is 1.21 bits per heavy atom. The zero-order chi connectivity index (χ0) is 21.4. The van der Waals surface area contributed by atoms with E-state index in [1.807, 2.05) is 18.2 Å². The number of nitrogens with zero attached hydrogens (tertiary/aromatic N) is 1. The summed E-state index contributed by atoms with van der Waals surface area (Å²) in [6.07, 6.45) is 0. The second-order valence-corrected chi connectivity index (χ2v) is 6.31. The molecule has 0 aliphatic heterocycles. The SMILES string of the molecule is COCCOCCN(CCOCCOC)CCOCCOC.Cc1ccccc1. The van der Waals surface area contributed by atoms with Crippen molar-refractivity contribution >= 4 is 0 Å². The number of benzene rings is 1. The predicted octanol–water partition coefficient (Wildman–Crippen LogP) is 2.27. The van der Waals surface area contributed by atoms with Gasteiger partial charge in [0.1, 0.15) is 0 Å². The maximum Gasteiger partial charge on any atom is 0.0700 e. The summed E-state index contributed by atoms with van der Waals surface area (Å²) in [7, 11) is 5.01. The molecule has 0 amide bonds. The molecule has 1 rings (SSSR count). The summed E-state index contributed by atoms with van der Waals surface area (Å²) in [5, 5.41) is 0. The molecule has 0 saturated carbocycles. The third-order valence-electron chi connectivity index (χ3n) is 3.89. The highest BCUT2D eigenvalue weighted by molar-refractivity contribution is 5.11. The summed E-state index contributed by atoms with van der Waals surface area (Å²) in [6.45, 7) is 10.4.